The number of amides is 1. The van der Waals surface area contributed by atoms with Crippen molar-refractivity contribution in [2.24, 2.45) is 0 Å². The van der Waals surface area contributed by atoms with Gasteiger partial charge in [-0.25, -0.2) is 4.68 Å². The van der Waals surface area contributed by atoms with Crippen LogP contribution in [0.15, 0.2) is 30.5 Å². The van der Waals surface area contributed by atoms with Crippen molar-refractivity contribution in [3.8, 4) is 5.69 Å². The minimum absolute atomic E-state index is 0.136. The van der Waals surface area contributed by atoms with E-state index in [1.165, 1.54) is 0 Å². The first-order chi connectivity index (χ1) is 11.3. The summed E-state index contributed by atoms with van der Waals surface area (Å²) in [6, 6.07) is 7.20. The highest BCUT2D eigenvalue weighted by molar-refractivity contribution is 6.32. The second-order valence-corrected chi connectivity index (χ2v) is 7.27. The number of rotatable bonds is 3. The molecule has 0 aliphatic carbocycles. The van der Waals surface area contributed by atoms with Crippen LogP contribution in [0.2, 0.25) is 5.02 Å². The van der Waals surface area contributed by atoms with Crippen LogP contribution in [0.5, 0.6) is 0 Å². The molecule has 0 bridgehead atoms. The Bertz CT molecular complexity index is 764. The number of halogens is 1. The Morgan fingerprint density at radius 1 is 1.38 bits per heavy atom. The van der Waals surface area contributed by atoms with E-state index in [0.29, 0.717) is 17.3 Å². The normalized spacial score (nSPS) is 18.2. The molecule has 128 valence electrons. The van der Waals surface area contributed by atoms with Gasteiger partial charge in [0.2, 0.25) is 0 Å². The minimum atomic E-state index is -0.925. The fourth-order valence-electron chi connectivity index (χ4n) is 3.31. The summed E-state index contributed by atoms with van der Waals surface area (Å²) in [7, 11) is 0. The summed E-state index contributed by atoms with van der Waals surface area (Å²) in [4.78, 5) is 14.7. The number of hydrogen-bond acceptors (Lipinski definition) is 3. The molecule has 0 spiro atoms. The summed E-state index contributed by atoms with van der Waals surface area (Å²) in [6.07, 6.45) is 3.51. The van der Waals surface area contributed by atoms with Crippen molar-refractivity contribution >= 4 is 17.5 Å². The molecule has 1 aliphatic rings. The molecule has 24 heavy (non-hydrogen) atoms. The van der Waals surface area contributed by atoms with Gasteiger partial charge in [0.1, 0.15) is 0 Å². The van der Waals surface area contributed by atoms with E-state index in [1.807, 2.05) is 31.3 Å². The maximum Gasteiger partial charge on any atom is 0.274 e. The van der Waals surface area contributed by atoms with Crippen LogP contribution in [0.3, 0.4) is 0 Å². The number of hydrogen-bond donors (Lipinski definition) is 1. The first-order valence-corrected chi connectivity index (χ1v) is 8.51. The second-order valence-electron chi connectivity index (χ2n) is 6.87. The van der Waals surface area contributed by atoms with E-state index in [2.05, 4.69) is 5.10 Å². The van der Waals surface area contributed by atoms with E-state index in [9.17, 15) is 9.90 Å². The van der Waals surface area contributed by atoms with Gasteiger partial charge in [-0.3, -0.25) is 4.79 Å². The van der Waals surface area contributed by atoms with Crippen molar-refractivity contribution in [1.29, 1.82) is 0 Å². The van der Waals surface area contributed by atoms with E-state index >= 15 is 0 Å². The van der Waals surface area contributed by atoms with E-state index in [1.54, 1.807) is 29.5 Å². The van der Waals surface area contributed by atoms with Crippen molar-refractivity contribution < 1.29 is 9.90 Å². The van der Waals surface area contributed by atoms with Crippen LogP contribution in [0.4, 0.5) is 0 Å². The van der Waals surface area contributed by atoms with Gasteiger partial charge in [-0.1, -0.05) is 23.7 Å². The third kappa shape index (κ3) is 3.06. The number of likely N-dealkylation sites (tertiary alicyclic amines) is 1. The standard InChI is InChI=1S/C18H22ClN3O2/c1-12-11-22(14-8-5-4-7-13(14)19)20-16(12)17(23)21-10-6-9-15(21)18(2,3)24/h4-5,7-8,11,15,24H,6,9-10H2,1-3H3. The molecule has 1 fully saturated rings. The van der Waals surface area contributed by atoms with Gasteiger partial charge in [0.05, 0.1) is 22.4 Å². The van der Waals surface area contributed by atoms with Crippen LogP contribution in [0, 0.1) is 6.92 Å². The van der Waals surface area contributed by atoms with Gasteiger partial charge < -0.3 is 10.0 Å². The summed E-state index contributed by atoms with van der Waals surface area (Å²) in [5.74, 6) is -0.136. The average Bonchev–Trinajstić information content (AvgIpc) is 3.13. The Hall–Kier alpha value is -1.85. The Morgan fingerprint density at radius 3 is 2.75 bits per heavy atom. The molecule has 1 saturated heterocycles. The molecular formula is C18H22ClN3O2. The van der Waals surface area contributed by atoms with Crippen LogP contribution < -0.4 is 0 Å². The molecule has 0 saturated carbocycles. The predicted octanol–water partition coefficient (Wildman–Crippen LogP) is 3.21. The van der Waals surface area contributed by atoms with Crippen LogP contribution >= 0.6 is 11.6 Å². The summed E-state index contributed by atoms with van der Waals surface area (Å²) in [6.45, 7) is 6.01. The Balaban J connectivity index is 1.93. The SMILES string of the molecule is Cc1cn(-c2ccccc2Cl)nc1C(=O)N1CCCC1C(C)(C)O. The summed E-state index contributed by atoms with van der Waals surface area (Å²) >= 11 is 6.22. The van der Waals surface area contributed by atoms with Crippen LogP contribution in [0.25, 0.3) is 5.69 Å². The highest BCUT2D eigenvalue weighted by Gasteiger charge is 2.39. The number of nitrogens with zero attached hydrogens (tertiary/aromatic N) is 3. The predicted molar refractivity (Wildman–Crippen MR) is 93.7 cm³/mol. The molecule has 2 aromatic rings. The molecule has 1 aromatic heterocycles. The maximum absolute atomic E-state index is 13.0. The zero-order valence-electron chi connectivity index (χ0n) is 14.2. The van der Waals surface area contributed by atoms with Crippen molar-refractivity contribution in [1.82, 2.24) is 14.7 Å². The summed E-state index contributed by atoms with van der Waals surface area (Å²) < 4.78 is 1.64. The third-order valence-electron chi connectivity index (χ3n) is 4.53. The lowest BCUT2D eigenvalue weighted by Crippen LogP contribution is -2.48. The molecule has 5 nitrogen and oxygen atoms in total. The smallest absolute Gasteiger partial charge is 0.274 e. The zero-order valence-corrected chi connectivity index (χ0v) is 14.9. The highest BCUT2D eigenvalue weighted by atomic mass is 35.5. The lowest BCUT2D eigenvalue weighted by molar-refractivity contribution is 0.0000713. The van der Waals surface area contributed by atoms with E-state index in [0.717, 1.165) is 24.1 Å². The van der Waals surface area contributed by atoms with Crippen LogP contribution in [0.1, 0.15) is 42.7 Å². The summed E-state index contributed by atoms with van der Waals surface area (Å²) in [5.41, 5.74) is 1.01. The first kappa shape index (κ1) is 17.0. The van der Waals surface area contributed by atoms with Crippen molar-refractivity contribution in [3.05, 3.63) is 46.7 Å². The Morgan fingerprint density at radius 2 is 2.08 bits per heavy atom. The van der Waals surface area contributed by atoms with E-state index in [-0.39, 0.29) is 11.9 Å². The zero-order chi connectivity index (χ0) is 17.5. The Labute approximate surface area is 146 Å². The van der Waals surface area contributed by atoms with Crippen molar-refractivity contribution in [2.45, 2.75) is 45.3 Å². The molecule has 1 atom stereocenters. The van der Waals surface area contributed by atoms with Gasteiger partial charge in [-0.05, 0) is 45.7 Å². The largest absolute Gasteiger partial charge is 0.388 e. The van der Waals surface area contributed by atoms with Gasteiger partial charge in [0.15, 0.2) is 5.69 Å². The monoisotopic (exact) mass is 347 g/mol. The number of aryl methyl sites for hydroxylation is 1. The van der Waals surface area contributed by atoms with E-state index in [4.69, 9.17) is 11.6 Å². The fourth-order valence-corrected chi connectivity index (χ4v) is 3.54. The molecule has 1 aromatic carbocycles. The van der Waals surface area contributed by atoms with Gasteiger partial charge in [0.25, 0.3) is 5.91 Å². The van der Waals surface area contributed by atoms with Gasteiger partial charge in [-0.15, -0.1) is 0 Å². The number of aromatic nitrogens is 2. The molecule has 1 unspecified atom stereocenters. The number of carbonyl (C=O) groups excluding carboxylic acids is 1. The van der Waals surface area contributed by atoms with Crippen LogP contribution in [-0.4, -0.2) is 43.9 Å². The maximum atomic E-state index is 13.0. The van der Waals surface area contributed by atoms with Gasteiger partial charge in [0, 0.05) is 18.3 Å². The minimum Gasteiger partial charge on any atom is -0.388 e. The second kappa shape index (κ2) is 6.22. The van der Waals surface area contributed by atoms with Gasteiger partial charge in [-0.2, -0.15) is 5.10 Å². The molecule has 2 heterocycles. The molecule has 1 amide bonds. The average molecular weight is 348 g/mol. The molecule has 3 rings (SSSR count). The Kier molecular flexibility index (Phi) is 4.40. The molecule has 1 aliphatic heterocycles. The summed E-state index contributed by atoms with van der Waals surface area (Å²) in [5, 5.41) is 15.4. The quantitative estimate of drug-likeness (QED) is 0.927. The molecule has 1 N–H and O–H groups in total. The topological polar surface area (TPSA) is 58.4 Å². The molecular weight excluding hydrogens is 326 g/mol. The van der Waals surface area contributed by atoms with Crippen molar-refractivity contribution in [3.63, 3.8) is 0 Å². The van der Waals surface area contributed by atoms with E-state index < -0.39 is 5.60 Å². The highest BCUT2D eigenvalue weighted by Crippen LogP contribution is 2.29. The fraction of sp³-hybridized carbons (Fsp3) is 0.444. The first-order valence-electron chi connectivity index (χ1n) is 8.13. The molecule has 0 radical (unpaired) electrons. The van der Waals surface area contributed by atoms with Crippen molar-refractivity contribution in [2.75, 3.05) is 6.54 Å². The molecule has 6 heteroatoms. The van der Waals surface area contributed by atoms with Gasteiger partial charge >= 0.3 is 0 Å². The van der Waals surface area contributed by atoms with Crippen LogP contribution in [-0.2, 0) is 0 Å². The number of para-hydroxylation sites is 1. The number of carbonyl (C=O) groups is 1. The number of benzene rings is 1. The third-order valence-corrected chi connectivity index (χ3v) is 4.85. The number of aliphatic hydroxyl groups is 1. The lowest BCUT2D eigenvalue weighted by atomic mass is 9.96. The lowest BCUT2D eigenvalue weighted by Gasteiger charge is -2.33.